The number of carbonyl (C=O) groups excluding carboxylic acids is 2. The third kappa shape index (κ3) is 6.05. The van der Waals surface area contributed by atoms with Gasteiger partial charge in [-0.1, -0.05) is 40.2 Å². The zero-order valence-corrected chi connectivity index (χ0v) is 17.7. The van der Waals surface area contributed by atoms with Crippen LogP contribution in [0.5, 0.6) is 5.75 Å². The molecule has 1 aliphatic rings. The first-order valence-electron chi connectivity index (χ1n) is 9.57. The van der Waals surface area contributed by atoms with Crippen LogP contribution < -0.4 is 15.8 Å². The third-order valence-electron chi connectivity index (χ3n) is 5.18. The van der Waals surface area contributed by atoms with Crippen LogP contribution in [0, 0.1) is 0 Å². The minimum absolute atomic E-state index is 0.0692. The summed E-state index contributed by atoms with van der Waals surface area (Å²) in [5.74, 6) is 0.0127. The van der Waals surface area contributed by atoms with Crippen LogP contribution in [0.1, 0.15) is 24.0 Å². The lowest BCUT2D eigenvalue weighted by atomic mass is 9.74. The first kappa shape index (κ1) is 21.3. The molecule has 3 rings (SSSR count). The lowest BCUT2D eigenvalue weighted by Gasteiger charge is -2.38. The van der Waals surface area contributed by atoms with Gasteiger partial charge >= 0.3 is 0 Å². The van der Waals surface area contributed by atoms with Gasteiger partial charge in [-0.2, -0.15) is 0 Å². The number of hydrogen-bond donors (Lipinski definition) is 2. The molecule has 0 unspecified atom stereocenters. The molecule has 3 N–H and O–H groups in total. The van der Waals surface area contributed by atoms with Gasteiger partial charge in [0.05, 0.1) is 6.42 Å². The van der Waals surface area contributed by atoms with Crippen molar-refractivity contribution in [2.45, 2.75) is 24.7 Å². The molecule has 2 aromatic carbocycles. The molecule has 1 saturated heterocycles. The quantitative estimate of drug-likeness (QED) is 0.633. The van der Waals surface area contributed by atoms with Gasteiger partial charge in [0.25, 0.3) is 5.91 Å². The first-order chi connectivity index (χ1) is 14.0. The summed E-state index contributed by atoms with van der Waals surface area (Å²) in [5, 5.41) is 3.02. The van der Waals surface area contributed by atoms with Crippen molar-refractivity contribution in [1.29, 1.82) is 0 Å². The number of amides is 2. The van der Waals surface area contributed by atoms with E-state index < -0.39 is 0 Å². The van der Waals surface area contributed by atoms with Gasteiger partial charge in [0.2, 0.25) is 5.91 Å². The number of nitrogens with two attached hydrogens (primary N) is 1. The second-order valence-electron chi connectivity index (χ2n) is 7.26. The van der Waals surface area contributed by atoms with Gasteiger partial charge in [-0.3, -0.25) is 9.59 Å². The minimum atomic E-state index is -0.384. The third-order valence-corrected chi connectivity index (χ3v) is 5.68. The maximum atomic E-state index is 12.4. The van der Waals surface area contributed by atoms with Gasteiger partial charge in [0.1, 0.15) is 5.75 Å². The smallest absolute Gasteiger partial charge is 0.257 e. The van der Waals surface area contributed by atoms with Crippen molar-refractivity contribution in [3.63, 3.8) is 0 Å². The van der Waals surface area contributed by atoms with Crippen molar-refractivity contribution in [3.8, 4) is 5.75 Å². The maximum Gasteiger partial charge on any atom is 0.257 e. The van der Waals surface area contributed by atoms with Gasteiger partial charge in [-0.05, 0) is 48.2 Å². The van der Waals surface area contributed by atoms with E-state index in [1.54, 1.807) is 24.3 Å². The lowest BCUT2D eigenvalue weighted by Crippen LogP contribution is -2.45. The fraction of sp³-hybridized carbons (Fsp3) is 0.364. The van der Waals surface area contributed by atoms with Crippen LogP contribution in [0.15, 0.2) is 53.0 Å². The molecule has 0 bridgehead atoms. The Morgan fingerprint density at radius 2 is 1.86 bits per heavy atom. The standard InChI is InChI=1S/C22H25BrN2O4/c23-18-3-1-2-17(13-18)22(8-10-28-11-9-22)15-25-21(27)14-29-19-6-4-16(5-7-19)12-20(24)26/h1-7,13H,8-12,14-15H2,(H2,24,26)(H,25,27). The zero-order chi connectivity index (χ0) is 20.7. The molecule has 0 aromatic heterocycles. The molecule has 1 fully saturated rings. The predicted octanol–water partition coefficient (Wildman–Crippen LogP) is 2.72. The van der Waals surface area contributed by atoms with Gasteiger partial charge in [-0.25, -0.2) is 0 Å². The molecule has 0 radical (unpaired) electrons. The Morgan fingerprint density at radius 1 is 1.14 bits per heavy atom. The summed E-state index contributed by atoms with van der Waals surface area (Å²) in [6.07, 6.45) is 1.89. The highest BCUT2D eigenvalue weighted by Crippen LogP contribution is 2.35. The van der Waals surface area contributed by atoms with E-state index in [0.717, 1.165) is 22.9 Å². The average Bonchev–Trinajstić information content (AvgIpc) is 2.72. The van der Waals surface area contributed by atoms with E-state index >= 15 is 0 Å². The monoisotopic (exact) mass is 460 g/mol. The number of carbonyl (C=O) groups is 2. The molecule has 1 heterocycles. The highest BCUT2D eigenvalue weighted by Gasteiger charge is 2.35. The van der Waals surface area contributed by atoms with Gasteiger partial charge in [-0.15, -0.1) is 0 Å². The molecule has 2 aromatic rings. The summed E-state index contributed by atoms with van der Waals surface area (Å²) in [6, 6.07) is 15.2. The van der Waals surface area contributed by atoms with Crippen molar-refractivity contribution in [2.75, 3.05) is 26.4 Å². The average molecular weight is 461 g/mol. The summed E-state index contributed by atoms with van der Waals surface area (Å²) in [4.78, 5) is 23.3. The highest BCUT2D eigenvalue weighted by molar-refractivity contribution is 9.10. The normalized spacial score (nSPS) is 15.5. The number of benzene rings is 2. The summed E-state index contributed by atoms with van der Waals surface area (Å²) in [7, 11) is 0. The van der Waals surface area contributed by atoms with E-state index in [1.165, 1.54) is 5.56 Å². The molecule has 29 heavy (non-hydrogen) atoms. The van der Waals surface area contributed by atoms with Crippen molar-refractivity contribution < 1.29 is 19.1 Å². The Kier molecular flexibility index (Phi) is 7.28. The SMILES string of the molecule is NC(=O)Cc1ccc(OCC(=O)NCC2(c3cccc(Br)c3)CCOCC2)cc1. The van der Waals surface area contributed by atoms with E-state index in [0.29, 0.717) is 25.5 Å². The largest absolute Gasteiger partial charge is 0.484 e. The van der Waals surface area contributed by atoms with E-state index in [9.17, 15) is 9.59 Å². The topological polar surface area (TPSA) is 90.7 Å². The molecular weight excluding hydrogens is 436 g/mol. The summed E-state index contributed by atoms with van der Waals surface area (Å²) in [6.45, 7) is 1.82. The zero-order valence-electron chi connectivity index (χ0n) is 16.2. The van der Waals surface area contributed by atoms with Crippen LogP contribution in [0.4, 0.5) is 0 Å². The molecule has 6 nitrogen and oxygen atoms in total. The molecule has 0 atom stereocenters. The highest BCUT2D eigenvalue weighted by atomic mass is 79.9. The van der Waals surface area contributed by atoms with Crippen molar-refractivity contribution in [3.05, 3.63) is 64.1 Å². The van der Waals surface area contributed by atoms with Crippen LogP contribution in [0.3, 0.4) is 0 Å². The molecule has 0 spiro atoms. The van der Waals surface area contributed by atoms with Crippen LogP contribution in [0.25, 0.3) is 0 Å². The number of ether oxygens (including phenoxy) is 2. The Bertz CT molecular complexity index is 848. The number of nitrogens with one attached hydrogen (secondary N) is 1. The van der Waals surface area contributed by atoms with Gasteiger partial charge in [0.15, 0.2) is 6.61 Å². The lowest BCUT2D eigenvalue weighted by molar-refractivity contribution is -0.123. The predicted molar refractivity (Wildman–Crippen MR) is 114 cm³/mol. The van der Waals surface area contributed by atoms with Crippen LogP contribution in [-0.2, 0) is 26.2 Å². The second kappa shape index (κ2) is 9.89. The summed E-state index contributed by atoms with van der Waals surface area (Å²) in [5.41, 5.74) is 7.04. The summed E-state index contributed by atoms with van der Waals surface area (Å²) >= 11 is 3.54. The number of halogens is 1. The molecule has 154 valence electrons. The molecule has 0 aliphatic carbocycles. The minimum Gasteiger partial charge on any atom is -0.484 e. The van der Waals surface area contributed by atoms with E-state index in [1.807, 2.05) is 12.1 Å². The molecular formula is C22H25BrN2O4. The maximum absolute atomic E-state index is 12.4. The van der Waals surface area contributed by atoms with Gasteiger partial charge in [0, 0.05) is 29.6 Å². The van der Waals surface area contributed by atoms with E-state index in [4.69, 9.17) is 15.2 Å². The van der Waals surface area contributed by atoms with Crippen LogP contribution in [0.2, 0.25) is 0 Å². The number of rotatable bonds is 8. The van der Waals surface area contributed by atoms with E-state index in [-0.39, 0.29) is 30.3 Å². The Morgan fingerprint density at radius 3 is 2.52 bits per heavy atom. The second-order valence-corrected chi connectivity index (χ2v) is 8.17. The molecule has 2 amide bonds. The summed E-state index contributed by atoms with van der Waals surface area (Å²) < 4.78 is 12.1. The van der Waals surface area contributed by atoms with Crippen molar-refractivity contribution >= 4 is 27.7 Å². The molecule has 1 aliphatic heterocycles. The Labute approximate surface area is 178 Å². The number of primary amides is 1. The Balaban J connectivity index is 1.56. The van der Waals surface area contributed by atoms with Crippen molar-refractivity contribution in [1.82, 2.24) is 5.32 Å². The van der Waals surface area contributed by atoms with Crippen LogP contribution >= 0.6 is 15.9 Å². The van der Waals surface area contributed by atoms with Gasteiger partial charge < -0.3 is 20.5 Å². The fourth-order valence-electron chi connectivity index (χ4n) is 3.52. The molecule has 7 heteroatoms. The Hall–Kier alpha value is -2.38. The van der Waals surface area contributed by atoms with Crippen LogP contribution in [-0.4, -0.2) is 38.2 Å². The van der Waals surface area contributed by atoms with Crippen molar-refractivity contribution in [2.24, 2.45) is 5.73 Å². The van der Waals surface area contributed by atoms with E-state index in [2.05, 4.69) is 33.4 Å². The first-order valence-corrected chi connectivity index (χ1v) is 10.4. The molecule has 0 saturated carbocycles. The fourth-order valence-corrected chi connectivity index (χ4v) is 3.92. The number of hydrogen-bond acceptors (Lipinski definition) is 4.